The van der Waals surface area contributed by atoms with Gasteiger partial charge in [0.25, 0.3) is 0 Å². The molecule has 1 aromatic carbocycles. The Balaban J connectivity index is 2.52. The molecule has 0 saturated heterocycles. The average Bonchev–Trinajstić information content (AvgIpc) is 2.33. The van der Waals surface area contributed by atoms with Crippen LogP contribution in [0.25, 0.3) is 0 Å². The summed E-state index contributed by atoms with van der Waals surface area (Å²) in [5.41, 5.74) is 0. The van der Waals surface area contributed by atoms with E-state index >= 15 is 0 Å². The van der Waals surface area contributed by atoms with Crippen molar-refractivity contribution in [2.45, 2.75) is 30.6 Å². The van der Waals surface area contributed by atoms with Gasteiger partial charge in [-0.05, 0) is 29.4 Å². The zero-order valence-electron chi connectivity index (χ0n) is 10.3. The maximum atomic E-state index is 13.4. The van der Waals surface area contributed by atoms with Gasteiger partial charge in [0, 0.05) is 12.6 Å². The van der Waals surface area contributed by atoms with Gasteiger partial charge in [0.1, 0.15) is 16.5 Å². The first-order valence-corrected chi connectivity index (χ1v) is 8.99. The predicted octanol–water partition coefficient (Wildman–Crippen LogP) is 3.24. The summed E-state index contributed by atoms with van der Waals surface area (Å²) in [7, 11) is -3.89. The minimum Gasteiger partial charge on any atom is -0.211 e. The Labute approximate surface area is 126 Å². The summed E-state index contributed by atoms with van der Waals surface area (Å²) in [5.74, 6) is -1.87. The van der Waals surface area contributed by atoms with E-state index in [1.165, 1.54) is 0 Å². The lowest BCUT2D eigenvalue weighted by Crippen LogP contribution is -2.25. The standard InChI is InChI=1S/C12H16F2INO2S/c13-10-5-6-12(11(14)9-10)19(17,18)16-8-4-2-1-3-7-15/h5-6,9,16H,1-4,7-8H2. The zero-order chi connectivity index (χ0) is 14.3. The quantitative estimate of drug-likeness (QED) is 0.412. The SMILES string of the molecule is O=S(=O)(NCCCCCCI)c1ccc(F)cc1F. The number of halogens is 3. The van der Waals surface area contributed by atoms with Crippen LogP contribution in [0.4, 0.5) is 8.78 Å². The molecule has 1 rings (SSSR count). The van der Waals surface area contributed by atoms with Gasteiger partial charge in [-0.15, -0.1) is 0 Å². The van der Waals surface area contributed by atoms with E-state index in [2.05, 4.69) is 27.3 Å². The van der Waals surface area contributed by atoms with Crippen LogP contribution < -0.4 is 4.72 Å². The molecule has 0 unspecified atom stereocenters. The molecule has 0 spiro atoms. The predicted molar refractivity (Wildman–Crippen MR) is 78.9 cm³/mol. The van der Waals surface area contributed by atoms with Crippen molar-refractivity contribution in [2.24, 2.45) is 0 Å². The van der Waals surface area contributed by atoms with Crippen LogP contribution in [0.1, 0.15) is 25.7 Å². The number of hydrogen-bond acceptors (Lipinski definition) is 2. The van der Waals surface area contributed by atoms with Crippen LogP contribution in [0, 0.1) is 11.6 Å². The monoisotopic (exact) mass is 403 g/mol. The summed E-state index contributed by atoms with van der Waals surface area (Å²) >= 11 is 2.29. The third kappa shape index (κ3) is 5.70. The van der Waals surface area contributed by atoms with E-state index < -0.39 is 26.6 Å². The highest BCUT2D eigenvalue weighted by molar-refractivity contribution is 14.1. The third-order valence-electron chi connectivity index (χ3n) is 2.54. The van der Waals surface area contributed by atoms with E-state index in [0.717, 1.165) is 35.8 Å². The van der Waals surface area contributed by atoms with Crippen LogP contribution in [0.15, 0.2) is 23.1 Å². The third-order valence-corrected chi connectivity index (χ3v) is 4.79. The van der Waals surface area contributed by atoms with Crippen LogP contribution in [0.5, 0.6) is 0 Å². The molecule has 7 heteroatoms. The van der Waals surface area contributed by atoms with Gasteiger partial charge < -0.3 is 0 Å². The van der Waals surface area contributed by atoms with E-state index in [9.17, 15) is 17.2 Å². The molecule has 0 radical (unpaired) electrons. The summed E-state index contributed by atoms with van der Waals surface area (Å²) in [6.07, 6.45) is 3.80. The Hall–Kier alpha value is -0.280. The highest BCUT2D eigenvalue weighted by Crippen LogP contribution is 2.15. The fourth-order valence-electron chi connectivity index (χ4n) is 1.55. The highest BCUT2D eigenvalue weighted by Gasteiger charge is 2.18. The van der Waals surface area contributed by atoms with E-state index in [1.54, 1.807) is 0 Å². The van der Waals surface area contributed by atoms with E-state index in [1.807, 2.05) is 0 Å². The van der Waals surface area contributed by atoms with Gasteiger partial charge in [0.05, 0.1) is 0 Å². The van der Waals surface area contributed by atoms with Crippen LogP contribution in [-0.2, 0) is 10.0 Å². The average molecular weight is 403 g/mol. The molecule has 0 atom stereocenters. The first kappa shape index (κ1) is 16.8. The lowest BCUT2D eigenvalue weighted by atomic mass is 10.2. The lowest BCUT2D eigenvalue weighted by molar-refractivity contribution is 0.541. The lowest BCUT2D eigenvalue weighted by Gasteiger charge is -2.07. The Bertz CT molecular complexity index is 508. The maximum Gasteiger partial charge on any atom is 0.243 e. The summed E-state index contributed by atoms with van der Waals surface area (Å²) in [6.45, 7) is 0.264. The molecule has 1 aromatic rings. The molecule has 0 bridgehead atoms. The first-order chi connectivity index (χ1) is 8.97. The number of unbranched alkanes of at least 4 members (excludes halogenated alkanes) is 3. The molecular weight excluding hydrogens is 387 g/mol. The number of nitrogens with one attached hydrogen (secondary N) is 1. The second-order valence-corrected chi connectivity index (χ2v) is 6.89. The molecule has 0 aliphatic carbocycles. The normalized spacial score (nSPS) is 11.7. The van der Waals surface area contributed by atoms with Gasteiger partial charge >= 0.3 is 0 Å². The minimum atomic E-state index is -3.89. The molecule has 0 amide bonds. The van der Waals surface area contributed by atoms with Crippen LogP contribution in [0.3, 0.4) is 0 Å². The Kier molecular flexibility index (Phi) is 7.16. The highest BCUT2D eigenvalue weighted by atomic mass is 127. The number of rotatable bonds is 8. The number of benzene rings is 1. The van der Waals surface area contributed by atoms with Crippen molar-refractivity contribution < 1.29 is 17.2 Å². The maximum absolute atomic E-state index is 13.4. The summed E-state index contributed by atoms with van der Waals surface area (Å²) in [6, 6.07) is 2.43. The molecule has 1 N–H and O–H groups in total. The van der Waals surface area contributed by atoms with E-state index in [4.69, 9.17) is 0 Å². The van der Waals surface area contributed by atoms with Gasteiger partial charge in [-0.2, -0.15) is 0 Å². The molecule has 19 heavy (non-hydrogen) atoms. The van der Waals surface area contributed by atoms with Crippen molar-refractivity contribution in [1.29, 1.82) is 0 Å². The smallest absolute Gasteiger partial charge is 0.211 e. The second kappa shape index (κ2) is 8.11. The molecule has 0 aromatic heterocycles. The van der Waals surface area contributed by atoms with Gasteiger partial charge in [-0.25, -0.2) is 21.9 Å². The van der Waals surface area contributed by atoms with Crippen molar-refractivity contribution in [3.05, 3.63) is 29.8 Å². The van der Waals surface area contributed by atoms with E-state index in [-0.39, 0.29) is 6.54 Å². The van der Waals surface area contributed by atoms with Gasteiger partial charge in [-0.1, -0.05) is 35.4 Å². The van der Waals surface area contributed by atoms with Crippen molar-refractivity contribution in [2.75, 3.05) is 11.0 Å². The molecule has 0 fully saturated rings. The summed E-state index contributed by atoms with van der Waals surface area (Å²) in [5, 5.41) is 0. The topological polar surface area (TPSA) is 46.2 Å². The van der Waals surface area contributed by atoms with Crippen molar-refractivity contribution >= 4 is 32.6 Å². The summed E-state index contributed by atoms with van der Waals surface area (Å²) in [4.78, 5) is -0.513. The van der Waals surface area contributed by atoms with E-state index in [0.29, 0.717) is 12.5 Å². The van der Waals surface area contributed by atoms with Gasteiger partial charge in [0.2, 0.25) is 10.0 Å². The minimum absolute atomic E-state index is 0.264. The molecule has 108 valence electrons. The van der Waals surface area contributed by atoms with Crippen molar-refractivity contribution in [3.63, 3.8) is 0 Å². The second-order valence-electron chi connectivity index (χ2n) is 4.08. The first-order valence-electron chi connectivity index (χ1n) is 5.98. The van der Waals surface area contributed by atoms with Crippen LogP contribution in [0.2, 0.25) is 0 Å². The molecule has 0 heterocycles. The molecule has 3 nitrogen and oxygen atoms in total. The fourth-order valence-corrected chi connectivity index (χ4v) is 3.22. The van der Waals surface area contributed by atoms with Crippen molar-refractivity contribution in [3.8, 4) is 0 Å². The Morgan fingerprint density at radius 1 is 1.11 bits per heavy atom. The zero-order valence-corrected chi connectivity index (χ0v) is 13.3. The van der Waals surface area contributed by atoms with Gasteiger partial charge in [-0.3, -0.25) is 0 Å². The van der Waals surface area contributed by atoms with Crippen LogP contribution >= 0.6 is 22.6 Å². The Morgan fingerprint density at radius 3 is 2.42 bits per heavy atom. The number of sulfonamides is 1. The number of hydrogen-bond donors (Lipinski definition) is 1. The molecule has 0 saturated carbocycles. The summed E-state index contributed by atoms with van der Waals surface area (Å²) < 4.78 is 53.0. The largest absolute Gasteiger partial charge is 0.243 e. The van der Waals surface area contributed by atoms with Gasteiger partial charge in [0.15, 0.2) is 0 Å². The molecule has 0 aliphatic rings. The van der Waals surface area contributed by atoms with Crippen LogP contribution in [-0.4, -0.2) is 19.4 Å². The molecular formula is C12H16F2INO2S. The number of alkyl halides is 1. The Morgan fingerprint density at radius 2 is 1.79 bits per heavy atom. The van der Waals surface area contributed by atoms with Crippen molar-refractivity contribution in [1.82, 2.24) is 4.72 Å². The molecule has 0 aliphatic heterocycles. The fraction of sp³-hybridized carbons (Fsp3) is 0.500.